The molecule has 0 atom stereocenters. The third kappa shape index (κ3) is 5.19. The van der Waals surface area contributed by atoms with Gasteiger partial charge >= 0.3 is 6.18 Å². The monoisotopic (exact) mass is 370 g/mol. The Morgan fingerprint density at radius 3 is 2.24 bits per heavy atom. The molecule has 0 bridgehead atoms. The third-order valence-electron chi connectivity index (χ3n) is 3.75. The van der Waals surface area contributed by atoms with Crippen LogP contribution in [0.4, 0.5) is 13.2 Å². The van der Waals surface area contributed by atoms with Crippen molar-refractivity contribution in [3.05, 3.63) is 50.5 Å². The fraction of sp³-hybridized carbons (Fsp3) is 0.412. The summed E-state index contributed by atoms with van der Waals surface area (Å²) >= 11 is 0.973. The number of nitrogens with zero attached hydrogens (tertiary/aromatic N) is 2. The van der Waals surface area contributed by atoms with Crippen molar-refractivity contribution in [2.24, 2.45) is 4.99 Å². The zero-order valence-corrected chi connectivity index (χ0v) is 15.4. The Bertz CT molecular complexity index is 742. The van der Waals surface area contributed by atoms with Crippen molar-refractivity contribution < 1.29 is 13.2 Å². The second kappa shape index (κ2) is 7.86. The van der Waals surface area contributed by atoms with Crippen LogP contribution in [0.1, 0.15) is 33.0 Å². The Kier molecular flexibility index (Phi) is 6.05. The maximum Gasteiger partial charge on any atom is 0.434 e. The van der Waals surface area contributed by atoms with Crippen molar-refractivity contribution in [1.82, 2.24) is 15.6 Å². The summed E-state index contributed by atoms with van der Waals surface area (Å²) < 4.78 is 37.7. The van der Waals surface area contributed by atoms with Crippen molar-refractivity contribution in [2.45, 2.75) is 40.0 Å². The molecule has 0 unspecified atom stereocenters. The fourth-order valence-electron chi connectivity index (χ4n) is 2.56. The van der Waals surface area contributed by atoms with Gasteiger partial charge in [-0.1, -0.05) is 17.7 Å². The molecule has 4 nitrogen and oxygen atoms in total. The van der Waals surface area contributed by atoms with Gasteiger partial charge in [-0.2, -0.15) is 13.2 Å². The Balaban J connectivity index is 1.95. The normalized spacial score (nSPS) is 12.4. The molecule has 0 amide bonds. The van der Waals surface area contributed by atoms with Gasteiger partial charge in [0.15, 0.2) is 11.7 Å². The maximum atomic E-state index is 12.6. The molecule has 0 spiro atoms. The Labute approximate surface area is 149 Å². The number of thiazole rings is 1. The first-order valence-electron chi connectivity index (χ1n) is 7.73. The molecule has 0 fully saturated rings. The predicted molar refractivity (Wildman–Crippen MR) is 94.8 cm³/mol. The lowest BCUT2D eigenvalue weighted by molar-refractivity contribution is -0.140. The van der Waals surface area contributed by atoms with E-state index in [1.165, 1.54) is 22.3 Å². The van der Waals surface area contributed by atoms with Crippen molar-refractivity contribution in [2.75, 3.05) is 7.05 Å². The lowest BCUT2D eigenvalue weighted by Crippen LogP contribution is -2.36. The summed E-state index contributed by atoms with van der Waals surface area (Å²) in [6.07, 6.45) is -4.41. The van der Waals surface area contributed by atoms with Crippen LogP contribution in [0.5, 0.6) is 0 Å². The number of guanidine groups is 1. The summed E-state index contributed by atoms with van der Waals surface area (Å²) in [5.41, 5.74) is 3.92. The second-order valence-electron chi connectivity index (χ2n) is 5.78. The number of benzene rings is 1. The predicted octanol–water partition coefficient (Wildman–Crippen LogP) is 3.95. The SMILES string of the molecule is CN=C(NCc1nc(C(F)(F)F)cs1)NCc1c(C)cc(C)cc1C. The van der Waals surface area contributed by atoms with E-state index in [1.807, 2.05) is 0 Å². The molecule has 1 aromatic carbocycles. The second-order valence-corrected chi connectivity index (χ2v) is 6.72. The number of halogens is 3. The Morgan fingerprint density at radius 1 is 1.12 bits per heavy atom. The number of nitrogens with one attached hydrogen (secondary N) is 2. The molecule has 8 heteroatoms. The molecule has 0 radical (unpaired) electrons. The smallest absolute Gasteiger partial charge is 0.352 e. The van der Waals surface area contributed by atoms with E-state index in [1.54, 1.807) is 7.05 Å². The van der Waals surface area contributed by atoms with Crippen molar-refractivity contribution in [3.8, 4) is 0 Å². The number of hydrogen-bond acceptors (Lipinski definition) is 3. The number of aliphatic imine (C=N–C) groups is 1. The summed E-state index contributed by atoms with van der Waals surface area (Å²) in [7, 11) is 1.62. The molecule has 2 rings (SSSR count). The number of aryl methyl sites for hydroxylation is 3. The van der Waals surface area contributed by atoms with E-state index in [9.17, 15) is 13.2 Å². The highest BCUT2D eigenvalue weighted by atomic mass is 32.1. The molecular formula is C17H21F3N4S. The van der Waals surface area contributed by atoms with Crippen LogP contribution in [0.3, 0.4) is 0 Å². The molecule has 0 saturated carbocycles. The van der Waals surface area contributed by atoms with E-state index in [0.29, 0.717) is 17.5 Å². The molecule has 0 saturated heterocycles. The maximum absolute atomic E-state index is 12.6. The van der Waals surface area contributed by atoms with Crippen LogP contribution < -0.4 is 10.6 Å². The van der Waals surface area contributed by atoms with E-state index in [-0.39, 0.29) is 6.54 Å². The highest BCUT2D eigenvalue weighted by molar-refractivity contribution is 7.09. The first kappa shape index (κ1) is 19.2. The molecule has 136 valence electrons. The Hall–Kier alpha value is -2.09. The summed E-state index contributed by atoms with van der Waals surface area (Å²) in [4.78, 5) is 7.69. The van der Waals surface area contributed by atoms with Gasteiger partial charge in [-0.25, -0.2) is 4.98 Å². The fourth-order valence-corrected chi connectivity index (χ4v) is 3.30. The molecule has 25 heavy (non-hydrogen) atoms. The van der Waals surface area contributed by atoms with Crippen LogP contribution >= 0.6 is 11.3 Å². The minimum atomic E-state index is -4.41. The highest BCUT2D eigenvalue weighted by Gasteiger charge is 2.33. The first-order valence-corrected chi connectivity index (χ1v) is 8.61. The molecule has 0 aliphatic rings. The molecular weight excluding hydrogens is 349 g/mol. The highest BCUT2D eigenvalue weighted by Crippen LogP contribution is 2.29. The van der Waals surface area contributed by atoms with Gasteiger partial charge in [0, 0.05) is 19.0 Å². The van der Waals surface area contributed by atoms with Crippen molar-refractivity contribution in [1.29, 1.82) is 0 Å². The van der Waals surface area contributed by atoms with Crippen LogP contribution in [0.25, 0.3) is 0 Å². The quantitative estimate of drug-likeness (QED) is 0.633. The first-order chi connectivity index (χ1) is 11.7. The van der Waals surface area contributed by atoms with Crippen molar-refractivity contribution in [3.63, 3.8) is 0 Å². The van der Waals surface area contributed by atoms with Gasteiger partial charge < -0.3 is 10.6 Å². The average Bonchev–Trinajstić information content (AvgIpc) is 2.98. The van der Waals surface area contributed by atoms with Gasteiger partial charge in [-0.05, 0) is 37.5 Å². The van der Waals surface area contributed by atoms with Gasteiger partial charge in [-0.3, -0.25) is 4.99 Å². The van der Waals surface area contributed by atoms with Crippen LogP contribution in [0.2, 0.25) is 0 Å². The van der Waals surface area contributed by atoms with Crippen LogP contribution in [0, 0.1) is 20.8 Å². The largest absolute Gasteiger partial charge is 0.434 e. The zero-order valence-electron chi connectivity index (χ0n) is 14.6. The van der Waals surface area contributed by atoms with Gasteiger partial charge in [0.25, 0.3) is 0 Å². The van der Waals surface area contributed by atoms with E-state index in [0.717, 1.165) is 16.7 Å². The number of rotatable bonds is 4. The summed E-state index contributed by atoms with van der Waals surface area (Å²) in [6, 6.07) is 4.24. The zero-order chi connectivity index (χ0) is 18.6. The number of aromatic nitrogens is 1. The van der Waals surface area contributed by atoms with Crippen LogP contribution in [0.15, 0.2) is 22.5 Å². The van der Waals surface area contributed by atoms with Gasteiger partial charge in [0.1, 0.15) is 5.01 Å². The molecule has 0 aliphatic carbocycles. The summed E-state index contributed by atoms with van der Waals surface area (Å²) in [6.45, 7) is 6.94. The van der Waals surface area contributed by atoms with Gasteiger partial charge in [-0.15, -0.1) is 11.3 Å². The van der Waals surface area contributed by atoms with E-state index >= 15 is 0 Å². The molecule has 1 heterocycles. The third-order valence-corrected chi connectivity index (χ3v) is 4.59. The standard InChI is InChI=1S/C17H21F3N4S/c1-10-5-11(2)13(12(3)6-10)7-22-16(21-4)23-8-15-24-14(9-25-15)17(18,19)20/h5-6,9H,7-8H2,1-4H3,(H2,21,22,23). The van der Waals surface area contributed by atoms with Crippen LogP contribution in [-0.2, 0) is 19.3 Å². The minimum Gasteiger partial charge on any atom is -0.352 e. The van der Waals surface area contributed by atoms with Gasteiger partial charge in [0.2, 0.25) is 0 Å². The minimum absolute atomic E-state index is 0.187. The average molecular weight is 370 g/mol. The molecule has 0 aliphatic heterocycles. The Morgan fingerprint density at radius 2 is 1.72 bits per heavy atom. The van der Waals surface area contributed by atoms with Crippen molar-refractivity contribution >= 4 is 17.3 Å². The lowest BCUT2D eigenvalue weighted by atomic mass is 10.00. The number of alkyl halides is 3. The van der Waals surface area contributed by atoms with Crippen LogP contribution in [-0.4, -0.2) is 18.0 Å². The molecule has 2 N–H and O–H groups in total. The molecule has 1 aromatic heterocycles. The van der Waals surface area contributed by atoms with E-state index < -0.39 is 11.9 Å². The molecule has 2 aromatic rings. The summed E-state index contributed by atoms with van der Waals surface area (Å²) in [5.74, 6) is 0.517. The number of hydrogen-bond donors (Lipinski definition) is 2. The van der Waals surface area contributed by atoms with E-state index in [4.69, 9.17) is 0 Å². The van der Waals surface area contributed by atoms with E-state index in [2.05, 4.69) is 53.5 Å². The topological polar surface area (TPSA) is 49.3 Å². The summed E-state index contributed by atoms with van der Waals surface area (Å²) in [5, 5.41) is 7.56. The van der Waals surface area contributed by atoms with Gasteiger partial charge in [0.05, 0.1) is 6.54 Å². The lowest BCUT2D eigenvalue weighted by Gasteiger charge is -2.15.